The first-order valence-electron chi connectivity index (χ1n) is 7.32. The molecule has 6 heteroatoms. The van der Waals surface area contributed by atoms with Gasteiger partial charge in [-0.1, -0.05) is 35.9 Å². The van der Waals surface area contributed by atoms with Gasteiger partial charge in [0, 0.05) is 17.4 Å². The molecule has 0 amide bonds. The van der Waals surface area contributed by atoms with Gasteiger partial charge in [-0.05, 0) is 35.4 Å². The summed E-state index contributed by atoms with van der Waals surface area (Å²) in [6.45, 7) is 0.430. The second-order valence-corrected chi connectivity index (χ2v) is 5.86. The molecule has 0 fully saturated rings. The molecule has 1 heterocycles. The summed E-state index contributed by atoms with van der Waals surface area (Å²) in [7, 11) is 0. The number of hydrogen-bond donors (Lipinski definition) is 0. The molecule has 0 saturated carbocycles. The summed E-state index contributed by atoms with van der Waals surface area (Å²) in [5.74, 6) is -0.378. The van der Waals surface area contributed by atoms with E-state index in [1.165, 1.54) is 27.5 Å². The summed E-state index contributed by atoms with van der Waals surface area (Å²) in [6, 6.07) is 13.0. The molecule has 0 aliphatic carbocycles. The zero-order valence-corrected chi connectivity index (χ0v) is 13.4. The molecule has 0 aliphatic heterocycles. The fraction of sp³-hybridized carbons (Fsp3) is 0.111. The lowest BCUT2D eigenvalue weighted by atomic mass is 10.2. The first kappa shape index (κ1) is 16.2. The minimum absolute atomic E-state index is 0.146. The summed E-state index contributed by atoms with van der Waals surface area (Å²) in [4.78, 5) is 24.5. The van der Waals surface area contributed by atoms with E-state index in [2.05, 4.69) is 0 Å². The van der Waals surface area contributed by atoms with Crippen LogP contribution in [0.1, 0.15) is 11.1 Å². The molecule has 3 aromatic rings. The molecule has 0 saturated heterocycles. The van der Waals surface area contributed by atoms with E-state index in [9.17, 15) is 14.0 Å². The molecule has 3 rings (SSSR count). The Labute approximate surface area is 142 Å². The number of hydrogen-bond acceptors (Lipinski definition) is 2. The molecule has 1 aromatic heterocycles. The fourth-order valence-corrected chi connectivity index (χ4v) is 2.54. The molecule has 24 heavy (non-hydrogen) atoms. The van der Waals surface area contributed by atoms with Crippen LogP contribution in [0.25, 0.3) is 0 Å². The minimum atomic E-state index is -0.643. The van der Waals surface area contributed by atoms with Crippen molar-refractivity contribution in [1.29, 1.82) is 0 Å². The average Bonchev–Trinajstić information content (AvgIpc) is 2.56. The highest BCUT2D eigenvalue weighted by Crippen LogP contribution is 2.10. The van der Waals surface area contributed by atoms with Gasteiger partial charge in [-0.25, -0.2) is 4.39 Å². The first-order valence-corrected chi connectivity index (χ1v) is 7.69. The Balaban J connectivity index is 1.87. The van der Waals surface area contributed by atoms with Crippen LogP contribution in [0.4, 0.5) is 4.39 Å². The Hall–Kier alpha value is -2.66. The third-order valence-electron chi connectivity index (χ3n) is 3.64. The van der Waals surface area contributed by atoms with E-state index in [0.717, 1.165) is 5.56 Å². The predicted octanol–water partition coefficient (Wildman–Crippen LogP) is 2.90. The summed E-state index contributed by atoms with van der Waals surface area (Å²) in [5, 5.41) is 0.608. The number of nitrogens with zero attached hydrogens (tertiary/aromatic N) is 2. The van der Waals surface area contributed by atoms with E-state index < -0.39 is 11.1 Å². The second-order valence-electron chi connectivity index (χ2n) is 5.42. The van der Waals surface area contributed by atoms with Crippen molar-refractivity contribution in [3.05, 3.63) is 104 Å². The molecule has 0 radical (unpaired) electrons. The molecule has 0 unspecified atom stereocenters. The van der Waals surface area contributed by atoms with Crippen molar-refractivity contribution in [2.75, 3.05) is 0 Å². The van der Waals surface area contributed by atoms with Gasteiger partial charge in [-0.15, -0.1) is 0 Å². The van der Waals surface area contributed by atoms with Gasteiger partial charge >= 0.3 is 11.1 Å². The van der Waals surface area contributed by atoms with E-state index in [1.54, 1.807) is 42.6 Å². The Morgan fingerprint density at radius 2 is 1.42 bits per heavy atom. The standard InChI is InChI=1S/C18H14ClFN2O2/c19-15-6-4-13(5-7-15)11-21-8-9-22(18(24)17(21)23)12-14-2-1-3-16(20)10-14/h1-10H,11-12H2. The maximum atomic E-state index is 13.2. The first-order chi connectivity index (χ1) is 11.5. The highest BCUT2D eigenvalue weighted by atomic mass is 35.5. The third-order valence-corrected chi connectivity index (χ3v) is 3.89. The van der Waals surface area contributed by atoms with Crippen molar-refractivity contribution in [2.45, 2.75) is 13.1 Å². The number of benzene rings is 2. The minimum Gasteiger partial charge on any atom is -0.305 e. The molecule has 0 aliphatic rings. The SMILES string of the molecule is O=c1c(=O)n(Cc2cccc(F)c2)ccn1Cc1ccc(Cl)cc1. The van der Waals surface area contributed by atoms with Gasteiger partial charge in [-0.2, -0.15) is 0 Å². The Morgan fingerprint density at radius 1 is 0.833 bits per heavy atom. The maximum Gasteiger partial charge on any atom is 0.316 e. The van der Waals surface area contributed by atoms with Gasteiger partial charge in [-0.3, -0.25) is 9.59 Å². The van der Waals surface area contributed by atoms with E-state index in [1.807, 2.05) is 0 Å². The fourth-order valence-electron chi connectivity index (χ4n) is 2.41. The van der Waals surface area contributed by atoms with E-state index in [-0.39, 0.29) is 18.9 Å². The quantitative estimate of drug-likeness (QED) is 0.683. The zero-order valence-electron chi connectivity index (χ0n) is 12.7. The molecule has 0 N–H and O–H groups in total. The largest absolute Gasteiger partial charge is 0.316 e. The molecule has 4 nitrogen and oxygen atoms in total. The lowest BCUT2D eigenvalue weighted by Crippen LogP contribution is -2.40. The predicted molar refractivity (Wildman–Crippen MR) is 91.0 cm³/mol. The number of halogens is 2. The lowest BCUT2D eigenvalue weighted by molar-refractivity contribution is 0.620. The maximum absolute atomic E-state index is 13.2. The van der Waals surface area contributed by atoms with Crippen molar-refractivity contribution in [3.8, 4) is 0 Å². The lowest BCUT2D eigenvalue weighted by Gasteiger charge is -2.09. The molecule has 2 aromatic carbocycles. The Bertz CT molecular complexity index is 977. The van der Waals surface area contributed by atoms with Crippen molar-refractivity contribution < 1.29 is 4.39 Å². The van der Waals surface area contributed by atoms with Gasteiger partial charge < -0.3 is 9.13 Å². The Morgan fingerprint density at radius 3 is 2.00 bits per heavy atom. The average molecular weight is 345 g/mol. The van der Waals surface area contributed by atoms with Crippen molar-refractivity contribution in [1.82, 2.24) is 9.13 Å². The second kappa shape index (κ2) is 6.84. The molecular weight excluding hydrogens is 331 g/mol. The molecule has 0 bridgehead atoms. The summed E-state index contributed by atoms with van der Waals surface area (Å²) >= 11 is 5.83. The third kappa shape index (κ3) is 3.63. The molecular formula is C18H14ClFN2O2. The summed E-state index contributed by atoms with van der Waals surface area (Å²) < 4.78 is 15.8. The van der Waals surface area contributed by atoms with E-state index in [4.69, 9.17) is 11.6 Å². The monoisotopic (exact) mass is 344 g/mol. The van der Waals surface area contributed by atoms with Crippen LogP contribution in [-0.4, -0.2) is 9.13 Å². The smallest absolute Gasteiger partial charge is 0.305 e. The van der Waals surface area contributed by atoms with Crippen LogP contribution >= 0.6 is 11.6 Å². The number of rotatable bonds is 4. The van der Waals surface area contributed by atoms with Crippen LogP contribution in [0, 0.1) is 5.82 Å². The summed E-state index contributed by atoms with van der Waals surface area (Å²) in [5.41, 5.74) is 0.218. The molecule has 0 atom stereocenters. The van der Waals surface area contributed by atoms with Crippen molar-refractivity contribution in [2.24, 2.45) is 0 Å². The highest BCUT2D eigenvalue weighted by molar-refractivity contribution is 6.30. The summed E-state index contributed by atoms with van der Waals surface area (Å²) in [6.07, 6.45) is 3.09. The van der Waals surface area contributed by atoms with Crippen LogP contribution in [0.3, 0.4) is 0 Å². The van der Waals surface area contributed by atoms with Crippen molar-refractivity contribution >= 4 is 11.6 Å². The van der Waals surface area contributed by atoms with Gasteiger partial charge in [0.25, 0.3) is 0 Å². The van der Waals surface area contributed by atoms with Gasteiger partial charge in [0.15, 0.2) is 0 Å². The van der Waals surface area contributed by atoms with E-state index >= 15 is 0 Å². The van der Waals surface area contributed by atoms with Crippen LogP contribution in [-0.2, 0) is 13.1 Å². The Kier molecular flexibility index (Phi) is 4.62. The molecule has 0 spiro atoms. The van der Waals surface area contributed by atoms with Crippen LogP contribution in [0.2, 0.25) is 5.02 Å². The number of aromatic nitrogens is 2. The van der Waals surface area contributed by atoms with Crippen LogP contribution < -0.4 is 11.1 Å². The van der Waals surface area contributed by atoms with Crippen LogP contribution in [0.15, 0.2) is 70.5 Å². The highest BCUT2D eigenvalue weighted by Gasteiger charge is 2.07. The topological polar surface area (TPSA) is 44.0 Å². The van der Waals surface area contributed by atoms with Gasteiger partial charge in [0.1, 0.15) is 5.82 Å². The zero-order chi connectivity index (χ0) is 17.1. The normalized spacial score (nSPS) is 10.8. The van der Waals surface area contributed by atoms with Crippen LogP contribution in [0.5, 0.6) is 0 Å². The van der Waals surface area contributed by atoms with E-state index in [0.29, 0.717) is 10.6 Å². The van der Waals surface area contributed by atoms with Gasteiger partial charge in [0.2, 0.25) is 0 Å². The molecule has 122 valence electrons. The van der Waals surface area contributed by atoms with Crippen molar-refractivity contribution in [3.63, 3.8) is 0 Å². The van der Waals surface area contributed by atoms with Gasteiger partial charge in [0.05, 0.1) is 13.1 Å².